The second kappa shape index (κ2) is 9.41. The molecule has 1 aromatic heterocycles. The first-order valence-electron chi connectivity index (χ1n) is 10.1. The van der Waals surface area contributed by atoms with E-state index in [2.05, 4.69) is 4.98 Å². The molecule has 2 heterocycles. The number of benzene rings is 2. The summed E-state index contributed by atoms with van der Waals surface area (Å²) in [6.07, 6.45) is 0. The van der Waals surface area contributed by atoms with Gasteiger partial charge in [-0.25, -0.2) is 14.2 Å². The maximum atomic E-state index is 14.2. The van der Waals surface area contributed by atoms with E-state index in [0.717, 1.165) is 22.3 Å². The first-order valence-corrected chi connectivity index (χ1v) is 11.7. The quantitative estimate of drug-likeness (QED) is 0.202. The maximum absolute atomic E-state index is 14.2. The monoisotopic (exact) mass is 534 g/mol. The van der Waals surface area contributed by atoms with Gasteiger partial charge in [-0.15, -0.1) is 0 Å². The molecule has 3 aromatic rings. The molecule has 35 heavy (non-hydrogen) atoms. The minimum absolute atomic E-state index is 0.0155. The lowest BCUT2D eigenvalue weighted by atomic mass is 9.95. The summed E-state index contributed by atoms with van der Waals surface area (Å²) in [5.74, 6) is -3.80. The molecule has 1 aliphatic rings. The number of nitrogens with zero attached hydrogens (tertiary/aromatic N) is 2. The summed E-state index contributed by atoms with van der Waals surface area (Å²) < 4.78 is 19.0. The van der Waals surface area contributed by atoms with Crippen molar-refractivity contribution in [1.29, 1.82) is 0 Å². The van der Waals surface area contributed by atoms with E-state index in [1.54, 1.807) is 19.9 Å². The number of esters is 1. The number of aliphatic hydroxyl groups is 1. The zero-order valence-electron chi connectivity index (χ0n) is 18.6. The van der Waals surface area contributed by atoms with Crippen LogP contribution in [0, 0.1) is 19.7 Å². The number of carbonyl (C=O) groups excluding carboxylic acids is 3. The average Bonchev–Trinajstić information content (AvgIpc) is 3.33. The smallest absolute Gasteiger partial charge is 0.350 e. The molecule has 11 heteroatoms. The predicted molar refractivity (Wildman–Crippen MR) is 131 cm³/mol. The Hall–Kier alpha value is -3.27. The lowest BCUT2D eigenvalue weighted by Gasteiger charge is -2.23. The van der Waals surface area contributed by atoms with Crippen molar-refractivity contribution in [1.82, 2.24) is 4.98 Å². The second-order valence-electron chi connectivity index (χ2n) is 7.71. The van der Waals surface area contributed by atoms with Gasteiger partial charge in [-0.2, -0.15) is 0 Å². The van der Waals surface area contributed by atoms with Crippen LogP contribution in [0.2, 0.25) is 10.0 Å². The van der Waals surface area contributed by atoms with Gasteiger partial charge in [0.25, 0.3) is 5.78 Å². The summed E-state index contributed by atoms with van der Waals surface area (Å²) in [6.45, 7) is 3.11. The van der Waals surface area contributed by atoms with Crippen molar-refractivity contribution in [2.75, 3.05) is 12.0 Å². The lowest BCUT2D eigenvalue weighted by Crippen LogP contribution is -2.29. The number of carbonyl (C=O) groups is 3. The molecule has 0 radical (unpaired) electrons. The van der Waals surface area contributed by atoms with E-state index in [1.165, 1.54) is 31.4 Å². The summed E-state index contributed by atoms with van der Waals surface area (Å²) in [5.41, 5.74) is 0.718. The van der Waals surface area contributed by atoms with Crippen LogP contribution in [0.5, 0.6) is 0 Å². The van der Waals surface area contributed by atoms with Crippen LogP contribution in [0.15, 0.2) is 42.0 Å². The number of halogens is 3. The number of anilines is 1. The second-order valence-corrected chi connectivity index (χ2v) is 9.50. The van der Waals surface area contributed by atoms with Gasteiger partial charge in [0.2, 0.25) is 0 Å². The highest BCUT2D eigenvalue weighted by Gasteiger charge is 2.48. The molecule has 0 unspecified atom stereocenters. The van der Waals surface area contributed by atoms with Crippen LogP contribution in [0.25, 0.3) is 5.76 Å². The Morgan fingerprint density at radius 1 is 1.14 bits per heavy atom. The van der Waals surface area contributed by atoms with E-state index < -0.39 is 35.3 Å². The standard InChI is InChI=1S/C24H17Cl2FN2O5S/c1-10-4-5-13(9-16(10)27)19(30)17-18(12-6-7-14(25)15(26)8-12)29(22(32)20(17)31)24-28-11(2)21(35-24)23(33)34-3/h4-9,18,30H,1-3H3/t18-/m1/s1. The molecular formula is C24H17Cl2FN2O5S. The Morgan fingerprint density at radius 2 is 1.86 bits per heavy atom. The molecule has 0 bridgehead atoms. The van der Waals surface area contributed by atoms with Gasteiger partial charge in [0.1, 0.15) is 16.5 Å². The van der Waals surface area contributed by atoms with Crippen LogP contribution < -0.4 is 4.90 Å². The molecule has 7 nitrogen and oxygen atoms in total. The van der Waals surface area contributed by atoms with Crippen LogP contribution in [0.4, 0.5) is 9.52 Å². The first kappa shape index (κ1) is 24.8. The fraction of sp³-hybridized carbons (Fsp3) is 0.167. The summed E-state index contributed by atoms with van der Waals surface area (Å²) in [7, 11) is 1.21. The Morgan fingerprint density at radius 3 is 2.49 bits per heavy atom. The molecule has 0 aliphatic carbocycles. The van der Waals surface area contributed by atoms with Crippen molar-refractivity contribution in [3.63, 3.8) is 0 Å². The number of hydrogen-bond donors (Lipinski definition) is 1. The molecule has 0 spiro atoms. The third-order valence-electron chi connectivity index (χ3n) is 5.51. The van der Waals surface area contributed by atoms with Crippen molar-refractivity contribution in [3.05, 3.63) is 85.1 Å². The van der Waals surface area contributed by atoms with E-state index in [1.807, 2.05) is 0 Å². The topological polar surface area (TPSA) is 96.8 Å². The molecule has 0 saturated carbocycles. The van der Waals surface area contributed by atoms with E-state index in [-0.39, 0.29) is 31.2 Å². The lowest BCUT2D eigenvalue weighted by molar-refractivity contribution is -0.132. The molecule has 1 aliphatic heterocycles. The Labute approximate surface area is 213 Å². The van der Waals surface area contributed by atoms with Crippen molar-refractivity contribution in [2.24, 2.45) is 0 Å². The van der Waals surface area contributed by atoms with Crippen molar-refractivity contribution in [3.8, 4) is 0 Å². The molecule has 2 aromatic carbocycles. The van der Waals surface area contributed by atoms with Crippen LogP contribution >= 0.6 is 34.5 Å². The van der Waals surface area contributed by atoms with Gasteiger partial charge in [0, 0.05) is 5.56 Å². The third kappa shape index (κ3) is 4.31. The highest BCUT2D eigenvalue weighted by atomic mass is 35.5. The molecular weight excluding hydrogens is 518 g/mol. The van der Waals surface area contributed by atoms with Crippen LogP contribution in [-0.2, 0) is 14.3 Å². The SMILES string of the molecule is COC(=O)c1sc(N2C(=O)C(=O)C(=C(O)c3ccc(C)c(F)c3)[C@H]2c2ccc(Cl)c(Cl)c2)nc1C. The Bertz CT molecular complexity index is 1440. The highest BCUT2D eigenvalue weighted by molar-refractivity contribution is 7.17. The number of ketones is 1. The number of hydrogen-bond acceptors (Lipinski definition) is 7. The van der Waals surface area contributed by atoms with Gasteiger partial charge in [0.15, 0.2) is 5.13 Å². The number of thiazole rings is 1. The first-order chi connectivity index (χ1) is 16.5. The van der Waals surface area contributed by atoms with Crippen LogP contribution in [0.1, 0.15) is 38.1 Å². The predicted octanol–water partition coefficient (Wildman–Crippen LogP) is 5.62. The molecule has 180 valence electrons. The number of aryl methyl sites for hydroxylation is 2. The minimum atomic E-state index is -1.18. The number of aliphatic hydroxyl groups excluding tert-OH is 1. The summed E-state index contributed by atoms with van der Waals surface area (Å²) in [4.78, 5) is 44.1. The van der Waals surface area contributed by atoms with Crippen LogP contribution in [0.3, 0.4) is 0 Å². The zero-order chi connectivity index (χ0) is 25.6. The van der Waals surface area contributed by atoms with E-state index in [9.17, 15) is 23.9 Å². The molecule has 1 fully saturated rings. The zero-order valence-corrected chi connectivity index (χ0v) is 20.9. The van der Waals surface area contributed by atoms with Gasteiger partial charge in [-0.3, -0.25) is 14.5 Å². The summed E-state index contributed by atoms with van der Waals surface area (Å²) in [5, 5.41) is 11.5. The molecule has 1 saturated heterocycles. The molecule has 1 N–H and O–H groups in total. The Kier molecular flexibility index (Phi) is 6.68. The number of methoxy groups -OCH3 is 1. The number of aromatic nitrogens is 1. The van der Waals surface area contributed by atoms with Crippen molar-refractivity contribution in [2.45, 2.75) is 19.9 Å². The van der Waals surface area contributed by atoms with Gasteiger partial charge in [0.05, 0.1) is 34.5 Å². The van der Waals surface area contributed by atoms with Gasteiger partial charge < -0.3 is 9.84 Å². The van der Waals surface area contributed by atoms with Gasteiger partial charge in [-0.05, 0) is 43.2 Å². The number of rotatable bonds is 4. The molecule has 4 rings (SSSR count). The largest absolute Gasteiger partial charge is 0.507 e. The van der Waals surface area contributed by atoms with E-state index in [4.69, 9.17) is 27.9 Å². The van der Waals surface area contributed by atoms with E-state index in [0.29, 0.717) is 16.8 Å². The van der Waals surface area contributed by atoms with Gasteiger partial charge >= 0.3 is 11.9 Å². The van der Waals surface area contributed by atoms with Gasteiger partial charge in [-0.1, -0.05) is 52.7 Å². The van der Waals surface area contributed by atoms with Crippen molar-refractivity contribution >= 4 is 63.1 Å². The van der Waals surface area contributed by atoms with Crippen molar-refractivity contribution < 1.29 is 28.6 Å². The summed E-state index contributed by atoms with van der Waals surface area (Å²) >= 11 is 13.1. The maximum Gasteiger partial charge on any atom is 0.350 e. The fourth-order valence-electron chi connectivity index (χ4n) is 3.69. The number of ether oxygens (including phenoxy) is 1. The summed E-state index contributed by atoms with van der Waals surface area (Å²) in [6, 6.07) is 7.27. The third-order valence-corrected chi connectivity index (χ3v) is 7.39. The average molecular weight is 535 g/mol. The normalized spacial score (nSPS) is 17.2. The van der Waals surface area contributed by atoms with Crippen LogP contribution in [-0.4, -0.2) is 34.9 Å². The van der Waals surface area contributed by atoms with E-state index >= 15 is 0 Å². The Balaban J connectivity index is 1.97. The number of Topliss-reactive ketones (excluding diaryl/α,β-unsaturated/α-hetero) is 1. The number of amides is 1. The molecule has 1 amide bonds. The minimum Gasteiger partial charge on any atom is -0.507 e. The fourth-order valence-corrected chi connectivity index (χ4v) is 5.01. The highest BCUT2D eigenvalue weighted by Crippen LogP contribution is 2.45. The molecule has 1 atom stereocenters.